The van der Waals surface area contributed by atoms with Crippen LogP contribution < -0.4 is 5.73 Å². The van der Waals surface area contributed by atoms with Gasteiger partial charge in [0.1, 0.15) is 11.5 Å². The number of halogens is 2. The van der Waals surface area contributed by atoms with Crippen LogP contribution in [0.25, 0.3) is 0 Å². The molecule has 5 heteroatoms. The van der Waals surface area contributed by atoms with Crippen LogP contribution in [-0.4, -0.2) is 16.5 Å². The molecule has 0 spiro atoms. The molecule has 0 aromatic carbocycles. The summed E-state index contributed by atoms with van der Waals surface area (Å²) in [5.41, 5.74) is 5.07. The fraction of sp³-hybridized carbons (Fsp3) is 0.571. The van der Waals surface area contributed by atoms with Crippen LogP contribution >= 0.6 is 0 Å². The molecule has 3 nitrogen and oxygen atoms in total. The largest absolute Gasteiger partial charge is 0.341 e. The smallest absolute Gasteiger partial charge is 0.286 e. The van der Waals surface area contributed by atoms with Crippen molar-refractivity contribution in [2.24, 2.45) is 5.73 Å². The van der Waals surface area contributed by atoms with Gasteiger partial charge in [0.2, 0.25) is 0 Å². The molecule has 68 valence electrons. The van der Waals surface area contributed by atoms with Gasteiger partial charge in [-0.3, -0.25) is 0 Å². The molecule has 0 atom stereocenters. The van der Waals surface area contributed by atoms with Gasteiger partial charge in [0, 0.05) is 13.3 Å². The quantitative estimate of drug-likeness (QED) is 0.720. The van der Waals surface area contributed by atoms with Crippen LogP contribution in [0.2, 0.25) is 0 Å². The summed E-state index contributed by atoms with van der Waals surface area (Å²) in [7, 11) is 0. The first-order valence-corrected chi connectivity index (χ1v) is 3.66. The van der Waals surface area contributed by atoms with E-state index in [9.17, 15) is 8.78 Å². The maximum Gasteiger partial charge on any atom is 0.286 e. The maximum absolute atomic E-state index is 12.6. The number of nitrogens with two attached hydrogens (primary N) is 1. The van der Waals surface area contributed by atoms with Gasteiger partial charge in [-0.2, -0.15) is 8.78 Å². The van der Waals surface area contributed by atoms with E-state index in [0.717, 1.165) is 13.1 Å². The van der Waals surface area contributed by atoms with Gasteiger partial charge < -0.3 is 10.7 Å². The Kier molecular flexibility index (Phi) is 2.42. The highest BCUT2D eigenvalue weighted by atomic mass is 19.3. The summed E-state index contributed by atoms with van der Waals surface area (Å²) in [5.74, 6) is -2.34. The van der Waals surface area contributed by atoms with Gasteiger partial charge in [-0.1, -0.05) is 0 Å². The number of nitrogens with one attached hydrogen (secondary N) is 1. The van der Waals surface area contributed by atoms with E-state index >= 15 is 0 Å². The molecule has 3 N–H and O–H groups in total. The summed E-state index contributed by atoms with van der Waals surface area (Å²) in [5, 5.41) is 0. The van der Waals surface area contributed by atoms with Gasteiger partial charge in [0.05, 0.1) is 6.20 Å². The van der Waals surface area contributed by atoms with Gasteiger partial charge in [-0.25, -0.2) is 4.98 Å². The molecule has 0 unspecified atom stereocenters. The first-order chi connectivity index (χ1) is 5.54. The van der Waals surface area contributed by atoms with Crippen molar-refractivity contribution in [3.05, 3.63) is 17.7 Å². The third-order valence-corrected chi connectivity index (χ3v) is 1.48. The number of H-pyrrole nitrogens is 1. The molecular weight excluding hydrogens is 164 g/mol. The average Bonchev–Trinajstić information content (AvgIpc) is 2.35. The zero-order valence-corrected chi connectivity index (χ0v) is 6.77. The number of hydrogen-bond donors (Lipinski definition) is 2. The van der Waals surface area contributed by atoms with E-state index < -0.39 is 5.92 Å². The highest BCUT2D eigenvalue weighted by molar-refractivity contribution is 5.06. The monoisotopic (exact) mass is 175 g/mol. The van der Waals surface area contributed by atoms with E-state index in [0.29, 0.717) is 18.8 Å². The molecule has 0 radical (unpaired) electrons. The van der Waals surface area contributed by atoms with Crippen LogP contribution in [-0.2, 0) is 12.3 Å². The minimum atomic E-state index is -2.85. The lowest BCUT2D eigenvalue weighted by molar-refractivity contribution is 0.0131. The molecule has 0 amide bonds. The van der Waals surface area contributed by atoms with Crippen molar-refractivity contribution in [2.45, 2.75) is 19.3 Å². The second-order valence-corrected chi connectivity index (χ2v) is 2.67. The summed E-state index contributed by atoms with van der Waals surface area (Å²) in [6, 6.07) is 0. The van der Waals surface area contributed by atoms with Crippen molar-refractivity contribution in [2.75, 3.05) is 6.54 Å². The molecule has 0 saturated carbocycles. The summed E-state index contributed by atoms with van der Waals surface area (Å²) in [6.07, 6.45) is 1.64. The normalized spacial score (nSPS) is 12.0. The van der Waals surface area contributed by atoms with Crippen LogP contribution in [0.5, 0.6) is 0 Å². The summed E-state index contributed by atoms with van der Waals surface area (Å²) in [6.45, 7) is 1.23. The van der Waals surface area contributed by atoms with E-state index in [1.807, 2.05) is 0 Å². The van der Waals surface area contributed by atoms with Gasteiger partial charge in [0.25, 0.3) is 5.92 Å². The van der Waals surface area contributed by atoms with E-state index in [-0.39, 0.29) is 5.69 Å². The van der Waals surface area contributed by atoms with E-state index in [4.69, 9.17) is 5.73 Å². The van der Waals surface area contributed by atoms with E-state index in [1.54, 1.807) is 0 Å². The number of rotatable bonds is 3. The Bertz CT molecular complexity index is 251. The van der Waals surface area contributed by atoms with E-state index in [1.165, 1.54) is 0 Å². The fourth-order valence-corrected chi connectivity index (χ4v) is 0.849. The molecular formula is C7H11F2N3. The number of aromatic nitrogens is 2. The number of nitrogens with zero attached hydrogens (tertiary/aromatic N) is 1. The van der Waals surface area contributed by atoms with E-state index in [2.05, 4.69) is 9.97 Å². The second kappa shape index (κ2) is 3.18. The maximum atomic E-state index is 12.6. The van der Waals surface area contributed by atoms with Gasteiger partial charge >= 0.3 is 0 Å². The molecule has 1 aromatic rings. The second-order valence-electron chi connectivity index (χ2n) is 2.67. The van der Waals surface area contributed by atoms with Crippen LogP contribution in [0.1, 0.15) is 18.4 Å². The highest BCUT2D eigenvalue weighted by Gasteiger charge is 2.26. The molecule has 0 bridgehead atoms. The number of alkyl halides is 2. The number of imidazole rings is 1. The van der Waals surface area contributed by atoms with Crippen LogP contribution in [0.15, 0.2) is 6.20 Å². The Morgan fingerprint density at radius 3 is 2.75 bits per heavy atom. The van der Waals surface area contributed by atoms with Crippen molar-refractivity contribution < 1.29 is 8.78 Å². The summed E-state index contributed by atoms with van der Waals surface area (Å²) >= 11 is 0. The Hall–Kier alpha value is -0.970. The topological polar surface area (TPSA) is 54.7 Å². The predicted octanol–water partition coefficient (Wildman–Crippen LogP) is 1.02. The average molecular weight is 175 g/mol. The van der Waals surface area contributed by atoms with Crippen LogP contribution in [0, 0.1) is 0 Å². The third-order valence-electron chi connectivity index (χ3n) is 1.48. The van der Waals surface area contributed by atoms with Crippen LogP contribution in [0.4, 0.5) is 8.78 Å². The lowest BCUT2D eigenvalue weighted by Crippen LogP contribution is -2.08. The van der Waals surface area contributed by atoms with Crippen molar-refractivity contribution in [3.63, 3.8) is 0 Å². The lowest BCUT2D eigenvalue weighted by atomic mass is 10.3. The first kappa shape index (κ1) is 9.12. The van der Waals surface area contributed by atoms with Gasteiger partial charge in [0.15, 0.2) is 0 Å². The van der Waals surface area contributed by atoms with Gasteiger partial charge in [-0.05, 0) is 6.54 Å². The Morgan fingerprint density at radius 1 is 1.67 bits per heavy atom. The zero-order valence-electron chi connectivity index (χ0n) is 6.77. The molecule has 0 aliphatic heterocycles. The highest BCUT2D eigenvalue weighted by Crippen LogP contribution is 2.24. The molecule has 0 fully saturated rings. The molecule has 0 aliphatic rings. The fourth-order valence-electron chi connectivity index (χ4n) is 0.849. The molecule has 12 heavy (non-hydrogen) atoms. The Labute approximate surface area is 69.0 Å². The number of aromatic amines is 1. The summed E-state index contributed by atoms with van der Waals surface area (Å²) in [4.78, 5) is 6.27. The minimum absolute atomic E-state index is 0.161. The van der Waals surface area contributed by atoms with Crippen molar-refractivity contribution in [1.29, 1.82) is 0 Å². The summed E-state index contributed by atoms with van der Waals surface area (Å²) < 4.78 is 25.2. The van der Waals surface area contributed by atoms with Crippen molar-refractivity contribution >= 4 is 0 Å². The SMILES string of the molecule is CC(F)(F)c1cnc(CCN)[nH]1. The Morgan fingerprint density at radius 2 is 2.33 bits per heavy atom. The zero-order chi connectivity index (χ0) is 9.19. The number of hydrogen-bond acceptors (Lipinski definition) is 2. The molecule has 1 rings (SSSR count). The molecule has 0 aliphatic carbocycles. The standard InChI is InChI=1S/C7H11F2N3/c1-7(8,9)5-4-11-6(12-5)2-3-10/h4H,2-3,10H2,1H3,(H,11,12). The van der Waals surface area contributed by atoms with Crippen molar-refractivity contribution in [3.8, 4) is 0 Å². The lowest BCUT2D eigenvalue weighted by Gasteiger charge is -2.05. The molecule has 1 heterocycles. The Balaban J connectivity index is 2.77. The van der Waals surface area contributed by atoms with Crippen LogP contribution in [0.3, 0.4) is 0 Å². The third kappa shape index (κ3) is 2.01. The first-order valence-electron chi connectivity index (χ1n) is 3.66. The predicted molar refractivity (Wildman–Crippen MR) is 40.9 cm³/mol. The minimum Gasteiger partial charge on any atom is -0.341 e. The van der Waals surface area contributed by atoms with Crippen molar-refractivity contribution in [1.82, 2.24) is 9.97 Å². The molecule has 0 saturated heterocycles. The van der Waals surface area contributed by atoms with Gasteiger partial charge in [-0.15, -0.1) is 0 Å². The molecule has 1 aromatic heterocycles.